The van der Waals surface area contributed by atoms with Crippen molar-refractivity contribution < 1.29 is 13.3 Å². The lowest BCUT2D eigenvalue weighted by Gasteiger charge is -2.29. The van der Waals surface area contributed by atoms with Crippen LogP contribution < -0.4 is 5.73 Å². The molecule has 1 aliphatic carbocycles. The van der Waals surface area contributed by atoms with Crippen molar-refractivity contribution in [3.63, 3.8) is 0 Å². The molecule has 0 atom stereocenters. The molecule has 0 radical (unpaired) electrons. The van der Waals surface area contributed by atoms with Gasteiger partial charge in [-0.15, -0.1) is 0 Å². The van der Waals surface area contributed by atoms with Crippen LogP contribution in [0.25, 0.3) is 0 Å². The predicted octanol–water partition coefficient (Wildman–Crippen LogP) is 3.06. The van der Waals surface area contributed by atoms with E-state index in [1.165, 1.54) is 18.6 Å². The van der Waals surface area contributed by atoms with Crippen LogP contribution in [0, 0.1) is 11.6 Å². The van der Waals surface area contributed by atoms with Gasteiger partial charge in [0, 0.05) is 12.5 Å². The lowest BCUT2D eigenvalue weighted by molar-refractivity contribution is 0.219. The molecular weight excluding hydrogens is 276 g/mol. The average molecular weight is 293 g/mol. The third-order valence-electron chi connectivity index (χ3n) is 3.92. The summed E-state index contributed by atoms with van der Waals surface area (Å²) in [6, 6.07) is 3.36. The zero-order valence-corrected chi connectivity index (χ0v) is 11.6. The first-order valence-electron chi connectivity index (χ1n) is 7.12. The minimum Gasteiger partial charge on any atom is -0.337 e. The lowest BCUT2D eigenvalue weighted by Crippen LogP contribution is -2.39. The highest BCUT2D eigenvalue weighted by atomic mass is 19.1. The van der Waals surface area contributed by atoms with Crippen LogP contribution in [0.2, 0.25) is 0 Å². The first-order chi connectivity index (χ1) is 10.0. The third-order valence-corrected chi connectivity index (χ3v) is 3.92. The summed E-state index contributed by atoms with van der Waals surface area (Å²) < 4.78 is 31.6. The van der Waals surface area contributed by atoms with Gasteiger partial charge in [-0.05, 0) is 30.5 Å². The number of hydrogen-bond acceptors (Lipinski definition) is 4. The van der Waals surface area contributed by atoms with Crippen LogP contribution >= 0.6 is 0 Å². The minimum atomic E-state index is -0.615. The second-order valence-electron chi connectivity index (χ2n) is 5.69. The number of halogens is 2. The molecular formula is C15H17F2N3O. The van der Waals surface area contributed by atoms with Crippen LogP contribution in [0.3, 0.4) is 0 Å². The topological polar surface area (TPSA) is 64.9 Å². The van der Waals surface area contributed by atoms with Crippen molar-refractivity contribution in [1.29, 1.82) is 0 Å². The second-order valence-corrected chi connectivity index (χ2v) is 5.69. The molecule has 2 N–H and O–H groups in total. The van der Waals surface area contributed by atoms with Gasteiger partial charge >= 0.3 is 0 Å². The molecule has 3 rings (SSSR count). The highest BCUT2D eigenvalue weighted by molar-refractivity contribution is 5.21. The quantitative estimate of drug-likeness (QED) is 0.944. The van der Waals surface area contributed by atoms with Crippen molar-refractivity contribution in [1.82, 2.24) is 10.1 Å². The van der Waals surface area contributed by atoms with Crippen LogP contribution in [0.5, 0.6) is 0 Å². The standard InChI is InChI=1S/C15H17F2N3O/c16-11-6-10(7-12(17)9-11)8-13-19-14(21-20-13)15(18)4-2-1-3-5-15/h6-7,9H,1-5,8,18H2. The Bertz CT molecular complexity index is 615. The Morgan fingerprint density at radius 2 is 1.76 bits per heavy atom. The molecule has 112 valence electrons. The van der Waals surface area contributed by atoms with E-state index >= 15 is 0 Å². The summed E-state index contributed by atoms with van der Waals surface area (Å²) in [5.41, 5.74) is 6.23. The molecule has 0 unspecified atom stereocenters. The van der Waals surface area contributed by atoms with Gasteiger partial charge in [0.05, 0.1) is 5.54 Å². The SMILES string of the molecule is NC1(c2nc(Cc3cc(F)cc(F)c3)no2)CCCCC1. The molecule has 0 bridgehead atoms. The fraction of sp³-hybridized carbons (Fsp3) is 0.467. The molecule has 0 amide bonds. The predicted molar refractivity (Wildman–Crippen MR) is 72.4 cm³/mol. The van der Waals surface area contributed by atoms with Crippen molar-refractivity contribution in [2.45, 2.75) is 44.1 Å². The second kappa shape index (κ2) is 5.52. The van der Waals surface area contributed by atoms with Gasteiger partial charge in [-0.2, -0.15) is 4.98 Å². The Labute approximate surface area is 121 Å². The first kappa shape index (κ1) is 14.1. The van der Waals surface area contributed by atoms with Crippen LogP contribution in [0.15, 0.2) is 22.7 Å². The van der Waals surface area contributed by atoms with E-state index in [0.717, 1.165) is 31.7 Å². The summed E-state index contributed by atoms with van der Waals surface area (Å²) in [6.07, 6.45) is 5.12. The fourth-order valence-corrected chi connectivity index (χ4v) is 2.82. The van der Waals surface area contributed by atoms with Crippen molar-refractivity contribution in [2.75, 3.05) is 0 Å². The molecule has 1 heterocycles. The van der Waals surface area contributed by atoms with Gasteiger partial charge in [-0.1, -0.05) is 24.4 Å². The van der Waals surface area contributed by atoms with Crippen molar-refractivity contribution in [3.05, 3.63) is 47.1 Å². The zero-order valence-electron chi connectivity index (χ0n) is 11.6. The summed E-state index contributed by atoms with van der Waals surface area (Å²) in [4.78, 5) is 4.31. The number of benzene rings is 1. The maximum absolute atomic E-state index is 13.2. The number of nitrogens with two attached hydrogens (primary N) is 1. The van der Waals surface area contributed by atoms with E-state index in [-0.39, 0.29) is 6.42 Å². The minimum absolute atomic E-state index is 0.217. The maximum atomic E-state index is 13.2. The lowest BCUT2D eigenvalue weighted by atomic mass is 9.82. The fourth-order valence-electron chi connectivity index (χ4n) is 2.82. The Balaban J connectivity index is 1.78. The molecule has 21 heavy (non-hydrogen) atoms. The number of nitrogens with zero attached hydrogens (tertiary/aromatic N) is 2. The zero-order chi connectivity index (χ0) is 14.9. The van der Waals surface area contributed by atoms with Gasteiger partial charge in [-0.25, -0.2) is 8.78 Å². The van der Waals surface area contributed by atoms with Crippen molar-refractivity contribution in [3.8, 4) is 0 Å². The molecule has 1 aromatic carbocycles. The van der Waals surface area contributed by atoms with Crippen LogP contribution in [0.4, 0.5) is 8.78 Å². The molecule has 0 saturated heterocycles. The summed E-state index contributed by atoms with van der Waals surface area (Å²) >= 11 is 0. The molecule has 1 aliphatic rings. The first-order valence-corrected chi connectivity index (χ1v) is 7.12. The number of aromatic nitrogens is 2. The summed E-state index contributed by atoms with van der Waals surface area (Å²) in [6.45, 7) is 0. The molecule has 1 saturated carbocycles. The molecule has 1 aromatic heterocycles. The number of hydrogen-bond donors (Lipinski definition) is 1. The van der Waals surface area contributed by atoms with Crippen molar-refractivity contribution >= 4 is 0 Å². The molecule has 6 heteroatoms. The highest BCUT2D eigenvalue weighted by Crippen LogP contribution is 2.33. The summed E-state index contributed by atoms with van der Waals surface area (Å²) in [5.74, 6) is -0.410. The van der Waals surface area contributed by atoms with E-state index in [1.54, 1.807) is 0 Å². The summed E-state index contributed by atoms with van der Waals surface area (Å²) in [7, 11) is 0. The van der Waals surface area contributed by atoms with E-state index < -0.39 is 17.2 Å². The van der Waals surface area contributed by atoms with E-state index in [2.05, 4.69) is 10.1 Å². The van der Waals surface area contributed by atoms with Gasteiger partial charge in [0.2, 0.25) is 5.89 Å². The van der Waals surface area contributed by atoms with Gasteiger partial charge in [0.25, 0.3) is 0 Å². The molecule has 4 nitrogen and oxygen atoms in total. The largest absolute Gasteiger partial charge is 0.337 e. The molecule has 0 spiro atoms. The third kappa shape index (κ3) is 3.10. The maximum Gasteiger partial charge on any atom is 0.246 e. The molecule has 2 aromatic rings. The Morgan fingerprint density at radius 3 is 2.43 bits per heavy atom. The van der Waals surface area contributed by atoms with Crippen molar-refractivity contribution in [2.24, 2.45) is 5.73 Å². The van der Waals surface area contributed by atoms with E-state index in [4.69, 9.17) is 10.3 Å². The smallest absolute Gasteiger partial charge is 0.246 e. The summed E-state index contributed by atoms with van der Waals surface area (Å²) in [5, 5.41) is 3.88. The molecule has 1 fully saturated rings. The number of rotatable bonds is 3. The monoisotopic (exact) mass is 293 g/mol. The van der Waals surface area contributed by atoms with Gasteiger partial charge < -0.3 is 10.3 Å². The van der Waals surface area contributed by atoms with Gasteiger partial charge in [0.15, 0.2) is 5.82 Å². The Kier molecular flexibility index (Phi) is 3.71. The Hall–Kier alpha value is -1.82. The molecule has 0 aliphatic heterocycles. The van der Waals surface area contributed by atoms with Crippen LogP contribution in [0.1, 0.15) is 49.4 Å². The van der Waals surface area contributed by atoms with Crippen LogP contribution in [-0.2, 0) is 12.0 Å². The average Bonchev–Trinajstić information content (AvgIpc) is 2.87. The van der Waals surface area contributed by atoms with Gasteiger partial charge in [-0.3, -0.25) is 0 Å². The van der Waals surface area contributed by atoms with E-state index in [0.29, 0.717) is 17.3 Å². The van der Waals surface area contributed by atoms with Gasteiger partial charge in [0.1, 0.15) is 11.6 Å². The highest BCUT2D eigenvalue weighted by Gasteiger charge is 2.35. The van der Waals surface area contributed by atoms with Crippen LogP contribution in [-0.4, -0.2) is 10.1 Å². The normalized spacial score (nSPS) is 17.9. The Morgan fingerprint density at radius 1 is 1.10 bits per heavy atom. The van der Waals surface area contributed by atoms with E-state index in [1.807, 2.05) is 0 Å². The van der Waals surface area contributed by atoms with E-state index in [9.17, 15) is 8.78 Å².